The van der Waals surface area contributed by atoms with Crippen LogP contribution in [-0.4, -0.2) is 37.2 Å². The molecule has 0 aromatic heterocycles. The van der Waals surface area contributed by atoms with E-state index in [0.717, 1.165) is 18.8 Å². The molecule has 3 nitrogen and oxygen atoms in total. The van der Waals surface area contributed by atoms with Crippen molar-refractivity contribution in [2.24, 2.45) is 11.3 Å². The van der Waals surface area contributed by atoms with Gasteiger partial charge in [0.2, 0.25) is 0 Å². The van der Waals surface area contributed by atoms with E-state index in [4.69, 9.17) is 4.74 Å². The van der Waals surface area contributed by atoms with Crippen LogP contribution in [0.1, 0.15) is 19.8 Å². The van der Waals surface area contributed by atoms with Crippen LogP contribution in [-0.2, 0) is 9.53 Å². The van der Waals surface area contributed by atoms with Crippen LogP contribution in [0.15, 0.2) is 0 Å². The minimum atomic E-state index is 0.00463. The highest BCUT2D eigenvalue weighted by atomic mass is 32.2. The van der Waals surface area contributed by atoms with Crippen LogP contribution in [0.4, 0.5) is 0 Å². The van der Waals surface area contributed by atoms with E-state index in [1.54, 1.807) is 0 Å². The van der Waals surface area contributed by atoms with Gasteiger partial charge in [-0.2, -0.15) is 11.8 Å². The minimum Gasteiger partial charge on any atom is -0.466 e. The molecule has 2 heterocycles. The van der Waals surface area contributed by atoms with Crippen LogP contribution < -0.4 is 5.32 Å². The smallest absolute Gasteiger partial charge is 0.310 e. The minimum absolute atomic E-state index is 0.00463. The van der Waals surface area contributed by atoms with Gasteiger partial charge in [0.15, 0.2) is 0 Å². The third-order valence-electron chi connectivity index (χ3n) is 3.49. The molecule has 2 aliphatic rings. The number of rotatable bonds is 2. The molecule has 0 aromatic carbocycles. The van der Waals surface area contributed by atoms with Gasteiger partial charge >= 0.3 is 5.97 Å². The average Bonchev–Trinajstić information content (AvgIpc) is 2.63. The van der Waals surface area contributed by atoms with Crippen LogP contribution in [0.25, 0.3) is 0 Å². The fourth-order valence-corrected chi connectivity index (χ4v) is 4.02. The van der Waals surface area contributed by atoms with Crippen LogP contribution in [0.5, 0.6) is 0 Å². The quantitative estimate of drug-likeness (QED) is 0.724. The van der Waals surface area contributed by atoms with E-state index in [-0.39, 0.29) is 17.3 Å². The number of esters is 1. The van der Waals surface area contributed by atoms with Crippen molar-refractivity contribution in [1.29, 1.82) is 0 Å². The molecule has 2 aliphatic heterocycles. The maximum atomic E-state index is 11.8. The molecule has 2 rings (SSSR count). The molecule has 2 atom stereocenters. The van der Waals surface area contributed by atoms with E-state index >= 15 is 0 Å². The maximum Gasteiger partial charge on any atom is 0.310 e. The summed E-state index contributed by atoms with van der Waals surface area (Å²) in [5.41, 5.74) is 0.190. The van der Waals surface area contributed by atoms with E-state index in [1.165, 1.54) is 18.6 Å². The number of ether oxygens (including phenoxy) is 1. The number of hydrogen-bond donors (Lipinski definition) is 1. The summed E-state index contributed by atoms with van der Waals surface area (Å²) in [4.78, 5) is 11.8. The van der Waals surface area contributed by atoms with E-state index in [1.807, 2.05) is 18.7 Å². The molecule has 0 aliphatic carbocycles. The highest BCUT2D eigenvalue weighted by Crippen LogP contribution is 2.43. The Morgan fingerprint density at radius 1 is 1.67 bits per heavy atom. The molecule has 0 amide bonds. The molecule has 2 saturated heterocycles. The Kier molecular flexibility index (Phi) is 3.57. The summed E-state index contributed by atoms with van der Waals surface area (Å²) in [5.74, 6) is 2.45. The first kappa shape index (κ1) is 11.3. The molecule has 0 bridgehead atoms. The highest BCUT2D eigenvalue weighted by molar-refractivity contribution is 7.99. The molecule has 0 saturated carbocycles. The Hall–Kier alpha value is -0.220. The van der Waals surface area contributed by atoms with E-state index in [2.05, 4.69) is 5.32 Å². The topological polar surface area (TPSA) is 38.3 Å². The molecule has 1 N–H and O–H groups in total. The summed E-state index contributed by atoms with van der Waals surface area (Å²) in [6, 6.07) is 0. The number of carbonyl (C=O) groups is 1. The lowest BCUT2D eigenvalue weighted by molar-refractivity contribution is -0.150. The Bertz CT molecular complexity index is 239. The van der Waals surface area contributed by atoms with Gasteiger partial charge in [0.25, 0.3) is 0 Å². The van der Waals surface area contributed by atoms with Gasteiger partial charge in [0.1, 0.15) is 0 Å². The Labute approximate surface area is 95.3 Å². The lowest BCUT2D eigenvalue weighted by Gasteiger charge is -2.36. The normalized spacial score (nSPS) is 35.7. The van der Waals surface area contributed by atoms with Crippen molar-refractivity contribution in [1.82, 2.24) is 5.32 Å². The zero-order valence-electron chi connectivity index (χ0n) is 9.25. The Morgan fingerprint density at radius 3 is 3.20 bits per heavy atom. The summed E-state index contributed by atoms with van der Waals surface area (Å²) < 4.78 is 5.17. The Balaban J connectivity index is 2.06. The first-order valence-corrected chi connectivity index (χ1v) is 6.89. The zero-order valence-corrected chi connectivity index (χ0v) is 10.1. The molecule has 2 fully saturated rings. The monoisotopic (exact) mass is 229 g/mol. The molecule has 15 heavy (non-hydrogen) atoms. The lowest BCUT2D eigenvalue weighted by atomic mass is 9.76. The molecule has 0 aromatic rings. The molecule has 1 spiro atoms. The van der Waals surface area contributed by atoms with Gasteiger partial charge in [-0.3, -0.25) is 4.79 Å². The number of hydrogen-bond acceptors (Lipinski definition) is 4. The third-order valence-corrected chi connectivity index (χ3v) is 4.85. The van der Waals surface area contributed by atoms with Gasteiger partial charge in [-0.1, -0.05) is 0 Å². The van der Waals surface area contributed by atoms with Gasteiger partial charge in [-0.15, -0.1) is 0 Å². The molecular formula is C11H19NO2S. The SMILES string of the molecule is CCOC(=O)C1CNCC12CCCSC2. The summed E-state index contributed by atoms with van der Waals surface area (Å²) >= 11 is 1.98. The van der Waals surface area contributed by atoms with Gasteiger partial charge in [-0.05, 0) is 25.5 Å². The fraction of sp³-hybridized carbons (Fsp3) is 0.909. The third kappa shape index (κ3) is 2.16. The standard InChI is InChI=1S/C11H19NO2S/c1-2-14-10(13)9-6-12-7-11(9)4-3-5-15-8-11/h9,12H,2-8H2,1H3. The van der Waals surface area contributed by atoms with Crippen LogP contribution >= 0.6 is 11.8 Å². The predicted molar refractivity (Wildman–Crippen MR) is 62.0 cm³/mol. The second-order valence-electron chi connectivity index (χ2n) is 4.45. The van der Waals surface area contributed by atoms with E-state index < -0.39 is 0 Å². The summed E-state index contributed by atoms with van der Waals surface area (Å²) in [5, 5.41) is 3.36. The molecule has 0 radical (unpaired) electrons. The van der Waals surface area contributed by atoms with E-state index in [0.29, 0.717) is 6.61 Å². The zero-order chi connectivity index (χ0) is 10.7. The van der Waals surface area contributed by atoms with Crippen molar-refractivity contribution in [2.75, 3.05) is 31.2 Å². The molecule has 2 unspecified atom stereocenters. The number of carbonyl (C=O) groups excluding carboxylic acids is 1. The van der Waals surface area contributed by atoms with Crippen LogP contribution in [0.2, 0.25) is 0 Å². The van der Waals surface area contributed by atoms with Crippen molar-refractivity contribution < 1.29 is 9.53 Å². The summed E-state index contributed by atoms with van der Waals surface area (Å²) in [7, 11) is 0. The molecule has 86 valence electrons. The van der Waals surface area contributed by atoms with Crippen LogP contribution in [0.3, 0.4) is 0 Å². The van der Waals surface area contributed by atoms with Crippen molar-refractivity contribution in [3.8, 4) is 0 Å². The van der Waals surface area contributed by atoms with E-state index in [9.17, 15) is 4.79 Å². The van der Waals surface area contributed by atoms with Gasteiger partial charge in [0.05, 0.1) is 12.5 Å². The highest BCUT2D eigenvalue weighted by Gasteiger charge is 2.48. The second kappa shape index (κ2) is 4.74. The van der Waals surface area contributed by atoms with Crippen molar-refractivity contribution >= 4 is 17.7 Å². The maximum absolute atomic E-state index is 11.8. The average molecular weight is 229 g/mol. The lowest BCUT2D eigenvalue weighted by Crippen LogP contribution is -2.40. The van der Waals surface area contributed by atoms with Gasteiger partial charge in [-0.25, -0.2) is 0 Å². The second-order valence-corrected chi connectivity index (χ2v) is 5.56. The fourth-order valence-electron chi connectivity index (χ4n) is 2.67. The van der Waals surface area contributed by atoms with Gasteiger partial charge in [0, 0.05) is 24.3 Å². The largest absolute Gasteiger partial charge is 0.466 e. The number of nitrogens with one attached hydrogen (secondary N) is 1. The van der Waals surface area contributed by atoms with Crippen molar-refractivity contribution in [2.45, 2.75) is 19.8 Å². The molecular weight excluding hydrogens is 210 g/mol. The number of thioether (sulfide) groups is 1. The van der Waals surface area contributed by atoms with Crippen molar-refractivity contribution in [3.05, 3.63) is 0 Å². The van der Waals surface area contributed by atoms with Gasteiger partial charge < -0.3 is 10.1 Å². The summed E-state index contributed by atoms with van der Waals surface area (Å²) in [6.45, 7) is 4.17. The van der Waals surface area contributed by atoms with Crippen molar-refractivity contribution in [3.63, 3.8) is 0 Å². The van der Waals surface area contributed by atoms with Crippen LogP contribution in [0, 0.1) is 11.3 Å². The summed E-state index contributed by atoms with van der Waals surface area (Å²) in [6.07, 6.45) is 2.42. The first-order chi connectivity index (χ1) is 7.28. The predicted octanol–water partition coefficient (Wildman–Crippen LogP) is 1.28. The first-order valence-electron chi connectivity index (χ1n) is 5.73. The Morgan fingerprint density at radius 2 is 2.53 bits per heavy atom. The molecule has 4 heteroatoms.